The molecule has 154 valence electrons. The van der Waals surface area contributed by atoms with Gasteiger partial charge in [0.25, 0.3) is 5.91 Å². The fraction of sp³-hybridized carbons (Fsp3) is 0.400. The second-order valence-corrected chi connectivity index (χ2v) is 8.03. The standard InChI is InChI=1S/C20H24FN5O2S/c1-14-11-15(2)23-20(22-14)29-13-19(28)26-9-7-25(8-10-26)12-18(27)24-17-5-3-16(21)4-6-17/h3-6,11H,7-10,12-13H2,1-2H3,(H,24,27)/p+1. The largest absolute Gasteiger partial charge is 0.331 e. The minimum absolute atomic E-state index is 0.0626. The summed E-state index contributed by atoms with van der Waals surface area (Å²) >= 11 is 1.35. The van der Waals surface area contributed by atoms with Gasteiger partial charge in [0.15, 0.2) is 11.7 Å². The highest BCUT2D eigenvalue weighted by molar-refractivity contribution is 7.99. The first-order chi connectivity index (χ1) is 13.9. The number of carbonyl (C=O) groups is 2. The minimum Gasteiger partial charge on any atom is -0.331 e. The Bertz CT molecular complexity index is 849. The molecule has 3 rings (SSSR count). The predicted octanol–water partition coefficient (Wildman–Crippen LogP) is 0.690. The molecule has 0 aliphatic carbocycles. The molecule has 1 saturated heterocycles. The van der Waals surface area contributed by atoms with Crippen LogP contribution in [0.25, 0.3) is 0 Å². The third-order valence-electron chi connectivity index (χ3n) is 4.65. The summed E-state index contributed by atoms with van der Waals surface area (Å²) in [5.41, 5.74) is 2.36. The molecule has 0 radical (unpaired) electrons. The minimum atomic E-state index is -0.336. The normalized spacial score (nSPS) is 14.7. The number of rotatable bonds is 6. The van der Waals surface area contributed by atoms with Crippen LogP contribution in [0, 0.1) is 19.7 Å². The van der Waals surface area contributed by atoms with Gasteiger partial charge in [0.1, 0.15) is 5.82 Å². The van der Waals surface area contributed by atoms with E-state index in [-0.39, 0.29) is 17.6 Å². The number of hydrogen-bond acceptors (Lipinski definition) is 5. The molecule has 0 unspecified atom stereocenters. The Labute approximate surface area is 173 Å². The SMILES string of the molecule is Cc1cc(C)nc(SCC(=O)N2CC[NH+](CC(=O)Nc3ccc(F)cc3)CC2)n1. The molecule has 1 aromatic carbocycles. The van der Waals surface area contributed by atoms with Gasteiger partial charge < -0.3 is 15.1 Å². The van der Waals surface area contributed by atoms with Crippen molar-refractivity contribution in [3.63, 3.8) is 0 Å². The van der Waals surface area contributed by atoms with E-state index in [9.17, 15) is 14.0 Å². The molecule has 1 aromatic heterocycles. The number of halogens is 1. The van der Waals surface area contributed by atoms with Crippen LogP contribution in [-0.2, 0) is 9.59 Å². The van der Waals surface area contributed by atoms with E-state index in [4.69, 9.17) is 0 Å². The highest BCUT2D eigenvalue weighted by Crippen LogP contribution is 2.15. The average molecular weight is 419 g/mol. The van der Waals surface area contributed by atoms with Crippen molar-refractivity contribution >= 4 is 29.3 Å². The van der Waals surface area contributed by atoms with Crippen molar-refractivity contribution in [2.75, 3.05) is 43.8 Å². The van der Waals surface area contributed by atoms with Crippen LogP contribution >= 0.6 is 11.8 Å². The van der Waals surface area contributed by atoms with Gasteiger partial charge in [0, 0.05) is 17.1 Å². The highest BCUT2D eigenvalue weighted by atomic mass is 32.2. The van der Waals surface area contributed by atoms with E-state index in [0.29, 0.717) is 49.3 Å². The maximum absolute atomic E-state index is 12.9. The number of thioether (sulfide) groups is 1. The third kappa shape index (κ3) is 6.50. The van der Waals surface area contributed by atoms with E-state index < -0.39 is 0 Å². The van der Waals surface area contributed by atoms with Gasteiger partial charge in [-0.05, 0) is 44.2 Å². The van der Waals surface area contributed by atoms with E-state index in [0.717, 1.165) is 16.3 Å². The van der Waals surface area contributed by atoms with E-state index in [1.807, 2.05) is 24.8 Å². The summed E-state index contributed by atoms with van der Waals surface area (Å²) in [5.74, 6) is -0.0818. The molecule has 9 heteroatoms. The summed E-state index contributed by atoms with van der Waals surface area (Å²) in [6.45, 7) is 6.81. The van der Waals surface area contributed by atoms with Crippen molar-refractivity contribution in [1.29, 1.82) is 0 Å². The Morgan fingerprint density at radius 2 is 1.76 bits per heavy atom. The van der Waals surface area contributed by atoms with Crippen molar-refractivity contribution in [2.45, 2.75) is 19.0 Å². The van der Waals surface area contributed by atoms with Gasteiger partial charge in [-0.25, -0.2) is 14.4 Å². The van der Waals surface area contributed by atoms with Crippen LogP contribution < -0.4 is 10.2 Å². The maximum atomic E-state index is 12.9. The first kappa shape index (κ1) is 21.2. The number of amides is 2. The van der Waals surface area contributed by atoms with Crippen molar-refractivity contribution in [3.05, 3.63) is 47.5 Å². The van der Waals surface area contributed by atoms with Gasteiger partial charge in [-0.2, -0.15) is 0 Å². The summed E-state index contributed by atoms with van der Waals surface area (Å²) in [5, 5.41) is 3.40. The molecule has 0 spiro atoms. The number of hydrogen-bond donors (Lipinski definition) is 2. The van der Waals surface area contributed by atoms with E-state index in [1.165, 1.54) is 36.0 Å². The number of aryl methyl sites for hydroxylation is 2. The van der Waals surface area contributed by atoms with Crippen molar-refractivity contribution < 1.29 is 18.9 Å². The Balaban J connectivity index is 1.40. The summed E-state index contributed by atoms with van der Waals surface area (Å²) in [6.07, 6.45) is 0. The molecule has 2 aromatic rings. The van der Waals surface area contributed by atoms with Crippen molar-refractivity contribution in [2.24, 2.45) is 0 Å². The quantitative estimate of drug-likeness (QED) is 0.533. The van der Waals surface area contributed by atoms with Gasteiger partial charge in [0.2, 0.25) is 5.91 Å². The zero-order valence-electron chi connectivity index (χ0n) is 16.6. The molecule has 2 N–H and O–H groups in total. The number of aromatic nitrogens is 2. The van der Waals surface area contributed by atoms with Gasteiger partial charge in [-0.3, -0.25) is 9.59 Å². The van der Waals surface area contributed by atoms with Crippen LogP contribution in [-0.4, -0.2) is 65.2 Å². The van der Waals surface area contributed by atoms with Crippen LogP contribution in [0.1, 0.15) is 11.4 Å². The lowest BCUT2D eigenvalue weighted by Crippen LogP contribution is -3.15. The Kier molecular flexibility index (Phi) is 7.16. The second-order valence-electron chi connectivity index (χ2n) is 7.08. The molecule has 0 bridgehead atoms. The molecule has 0 atom stereocenters. The molecule has 1 fully saturated rings. The summed E-state index contributed by atoms with van der Waals surface area (Å²) in [6, 6.07) is 7.61. The van der Waals surface area contributed by atoms with Gasteiger partial charge in [-0.1, -0.05) is 11.8 Å². The topological polar surface area (TPSA) is 79.6 Å². The first-order valence-electron chi connectivity index (χ1n) is 9.51. The van der Waals surface area contributed by atoms with Gasteiger partial charge >= 0.3 is 0 Å². The molecule has 2 heterocycles. The Morgan fingerprint density at radius 3 is 2.38 bits per heavy atom. The number of nitrogens with zero attached hydrogens (tertiary/aromatic N) is 3. The second kappa shape index (κ2) is 9.80. The van der Waals surface area contributed by atoms with Crippen LogP contribution in [0.2, 0.25) is 0 Å². The zero-order chi connectivity index (χ0) is 20.8. The van der Waals surface area contributed by atoms with Crippen LogP contribution in [0.15, 0.2) is 35.5 Å². The predicted molar refractivity (Wildman–Crippen MR) is 109 cm³/mol. The molecular formula is C20H25FN5O2S+. The molecule has 0 saturated carbocycles. The lowest BCUT2D eigenvalue weighted by atomic mass is 10.3. The lowest BCUT2D eigenvalue weighted by molar-refractivity contribution is -0.895. The molecule has 1 aliphatic heterocycles. The number of nitrogens with one attached hydrogen (secondary N) is 2. The van der Waals surface area contributed by atoms with Gasteiger partial charge in [-0.15, -0.1) is 0 Å². The summed E-state index contributed by atoms with van der Waals surface area (Å²) in [7, 11) is 0. The smallest absolute Gasteiger partial charge is 0.279 e. The van der Waals surface area contributed by atoms with Gasteiger partial charge in [0.05, 0.1) is 31.9 Å². The van der Waals surface area contributed by atoms with Crippen LogP contribution in [0.5, 0.6) is 0 Å². The number of anilines is 1. The zero-order valence-corrected chi connectivity index (χ0v) is 17.4. The van der Waals surface area contributed by atoms with E-state index in [1.54, 1.807) is 0 Å². The monoisotopic (exact) mass is 418 g/mol. The fourth-order valence-electron chi connectivity index (χ4n) is 3.19. The Morgan fingerprint density at radius 1 is 1.14 bits per heavy atom. The molecule has 2 amide bonds. The first-order valence-corrected chi connectivity index (χ1v) is 10.5. The molecular weight excluding hydrogens is 393 g/mol. The third-order valence-corrected chi connectivity index (χ3v) is 5.48. The Hall–Kier alpha value is -2.52. The average Bonchev–Trinajstić information content (AvgIpc) is 2.68. The number of benzene rings is 1. The number of piperazine rings is 1. The number of carbonyl (C=O) groups excluding carboxylic acids is 2. The molecule has 7 nitrogen and oxygen atoms in total. The fourth-order valence-corrected chi connectivity index (χ4v) is 4.04. The summed E-state index contributed by atoms with van der Waals surface area (Å²) in [4.78, 5) is 36.3. The lowest BCUT2D eigenvalue weighted by Gasteiger charge is -2.31. The van der Waals surface area contributed by atoms with Crippen molar-refractivity contribution in [1.82, 2.24) is 14.9 Å². The molecule has 1 aliphatic rings. The van der Waals surface area contributed by atoms with Crippen LogP contribution in [0.4, 0.5) is 10.1 Å². The number of quaternary nitrogens is 1. The molecule has 29 heavy (non-hydrogen) atoms. The van der Waals surface area contributed by atoms with E-state index >= 15 is 0 Å². The van der Waals surface area contributed by atoms with Crippen LogP contribution in [0.3, 0.4) is 0 Å². The maximum Gasteiger partial charge on any atom is 0.279 e. The highest BCUT2D eigenvalue weighted by Gasteiger charge is 2.25. The van der Waals surface area contributed by atoms with E-state index in [2.05, 4.69) is 15.3 Å². The van der Waals surface area contributed by atoms with Crippen molar-refractivity contribution in [3.8, 4) is 0 Å². The summed E-state index contributed by atoms with van der Waals surface area (Å²) < 4.78 is 12.9.